The molecule has 2 aromatic heterocycles. The first kappa shape index (κ1) is 32.1. The Morgan fingerprint density at radius 3 is 2.51 bits per heavy atom. The van der Waals surface area contributed by atoms with Gasteiger partial charge in [0, 0.05) is 0 Å². The molecule has 45 heavy (non-hydrogen) atoms. The van der Waals surface area contributed by atoms with Crippen molar-refractivity contribution in [2.75, 3.05) is 12.3 Å². The number of carbonyl (C=O) groups excluding carboxylic acids is 1. The van der Waals surface area contributed by atoms with Crippen LogP contribution < -0.4 is 15.3 Å². The lowest BCUT2D eigenvalue weighted by Gasteiger charge is -2.27. The highest BCUT2D eigenvalue weighted by atomic mass is 31.2. The van der Waals surface area contributed by atoms with E-state index in [-0.39, 0.29) is 23.7 Å². The van der Waals surface area contributed by atoms with Gasteiger partial charge in [0.05, 0.1) is 18.4 Å². The fraction of sp³-hybridized carbons (Fsp3) is 0.333. The third kappa shape index (κ3) is 6.84. The second-order valence-electron chi connectivity index (χ2n) is 10.7. The van der Waals surface area contributed by atoms with E-state index in [1.54, 1.807) is 74.5 Å². The van der Waals surface area contributed by atoms with Crippen molar-refractivity contribution in [2.45, 2.75) is 56.3 Å². The Hall–Kier alpha value is -4.35. The number of para-hydroxylation sites is 1. The molecule has 0 saturated carbocycles. The molecule has 5 N–H and O–H groups in total. The van der Waals surface area contributed by atoms with Crippen LogP contribution in [0.3, 0.4) is 0 Å². The van der Waals surface area contributed by atoms with Crippen LogP contribution in [-0.4, -0.2) is 67.8 Å². The largest absolute Gasteiger partial charge is 0.462 e. The van der Waals surface area contributed by atoms with Gasteiger partial charge in [0.15, 0.2) is 5.82 Å². The second-order valence-corrected chi connectivity index (χ2v) is 12.3. The Labute approximate surface area is 258 Å². The Kier molecular flexibility index (Phi) is 9.50. The van der Waals surface area contributed by atoms with Gasteiger partial charge in [0.2, 0.25) is 5.60 Å². The molecule has 14 nitrogen and oxygen atoms in total. The van der Waals surface area contributed by atoms with Crippen LogP contribution in [0.15, 0.2) is 79.1 Å². The van der Waals surface area contributed by atoms with Crippen molar-refractivity contribution in [3.05, 3.63) is 90.4 Å². The summed E-state index contributed by atoms with van der Waals surface area (Å²) in [5, 5.41) is 39.1. The predicted molar refractivity (Wildman–Crippen MR) is 161 cm³/mol. The van der Waals surface area contributed by atoms with Gasteiger partial charge in [-0.25, -0.2) is 14.1 Å². The molecule has 3 unspecified atom stereocenters. The van der Waals surface area contributed by atoms with Gasteiger partial charge >= 0.3 is 13.7 Å². The third-order valence-corrected chi connectivity index (χ3v) is 8.67. The van der Waals surface area contributed by atoms with Crippen LogP contribution in [0, 0.1) is 11.3 Å². The van der Waals surface area contributed by atoms with Crippen molar-refractivity contribution in [1.29, 1.82) is 5.26 Å². The van der Waals surface area contributed by atoms with Gasteiger partial charge in [0.25, 0.3) is 0 Å². The number of nitrogens with two attached hydrogens (primary N) is 1. The number of hydrogen-bond donors (Lipinski definition) is 4. The molecule has 15 heteroatoms. The highest BCUT2D eigenvalue weighted by Gasteiger charge is 2.58. The molecule has 1 saturated heterocycles. The Morgan fingerprint density at radius 1 is 1.16 bits per heavy atom. The normalized spacial score (nSPS) is 23.3. The molecule has 1 fully saturated rings. The zero-order valence-electron chi connectivity index (χ0n) is 24.5. The lowest BCUT2D eigenvalue weighted by Crippen LogP contribution is -2.41. The van der Waals surface area contributed by atoms with Crippen LogP contribution in [0.4, 0.5) is 5.82 Å². The zero-order chi connectivity index (χ0) is 32.2. The number of nitrogens with one attached hydrogen (secondary N) is 1. The molecule has 0 spiro atoms. The minimum Gasteiger partial charge on any atom is -0.462 e. The number of esters is 1. The zero-order valence-corrected chi connectivity index (χ0v) is 25.4. The number of benzene rings is 2. The molecule has 0 aliphatic carbocycles. The van der Waals surface area contributed by atoms with Crippen molar-refractivity contribution in [3.8, 4) is 11.8 Å². The van der Waals surface area contributed by atoms with E-state index >= 15 is 0 Å². The minimum atomic E-state index is -4.44. The van der Waals surface area contributed by atoms with E-state index in [1.807, 2.05) is 12.1 Å². The molecular formula is C30H33N6O8P. The van der Waals surface area contributed by atoms with Crippen LogP contribution >= 0.6 is 7.75 Å². The van der Waals surface area contributed by atoms with Gasteiger partial charge in [-0.2, -0.15) is 15.4 Å². The number of rotatable bonds is 12. The fourth-order valence-electron chi connectivity index (χ4n) is 4.97. The summed E-state index contributed by atoms with van der Waals surface area (Å²) < 4.78 is 38.6. The van der Waals surface area contributed by atoms with E-state index < -0.39 is 56.4 Å². The molecule has 0 radical (unpaired) electrons. The average molecular weight is 637 g/mol. The van der Waals surface area contributed by atoms with Crippen LogP contribution in [0.1, 0.15) is 25.1 Å². The van der Waals surface area contributed by atoms with E-state index in [9.17, 15) is 24.8 Å². The number of ether oxygens (including phenoxy) is 2. The third-order valence-electron chi connectivity index (χ3n) is 7.10. The number of nitrogen functional groups attached to an aromatic ring is 1. The summed E-state index contributed by atoms with van der Waals surface area (Å²) in [5.41, 5.74) is 5.02. The molecule has 1 aliphatic heterocycles. The number of fused-ring (bicyclic) bond motifs is 1. The summed E-state index contributed by atoms with van der Waals surface area (Å²) >= 11 is 0. The topological polar surface area (TPSA) is 204 Å². The minimum absolute atomic E-state index is 0.0863. The lowest BCUT2D eigenvalue weighted by atomic mass is 9.92. The Bertz CT molecular complexity index is 1720. The Balaban J connectivity index is 1.42. The number of carbonyl (C=O) groups is 1. The molecule has 1 aliphatic rings. The van der Waals surface area contributed by atoms with Gasteiger partial charge in [-0.15, -0.1) is 0 Å². The van der Waals surface area contributed by atoms with Gasteiger partial charge in [0.1, 0.15) is 48.0 Å². The molecule has 4 aromatic rings. The monoisotopic (exact) mass is 636 g/mol. The summed E-state index contributed by atoms with van der Waals surface area (Å²) in [4.78, 5) is 17.1. The number of hydrogen-bond acceptors (Lipinski definition) is 12. The van der Waals surface area contributed by atoms with Crippen LogP contribution in [0.25, 0.3) is 5.52 Å². The van der Waals surface area contributed by atoms with E-state index in [0.717, 1.165) is 5.56 Å². The quantitative estimate of drug-likeness (QED) is 0.131. The molecule has 0 amide bonds. The first-order valence-electron chi connectivity index (χ1n) is 14.1. The van der Waals surface area contributed by atoms with E-state index in [1.165, 1.54) is 16.9 Å². The Morgan fingerprint density at radius 2 is 1.84 bits per heavy atom. The number of nitriles is 1. The van der Waals surface area contributed by atoms with Gasteiger partial charge < -0.3 is 29.9 Å². The SMILES string of the molecule is CC(C)OC(=O)C(Cc1ccccc1)NP(=O)(OC[C@H]1OC(C#N)(c2ccc3c(N)ncnn23)[C@H](O)[C@@H]1O)Oc1ccccc1. The molecule has 6 atom stereocenters. The second kappa shape index (κ2) is 13.3. The smallest absolute Gasteiger partial charge is 0.459 e. The standard InChI is InChI=1S/C30H33N6O8P/c1-19(2)42-29(39)22(15-20-9-5-3-6-10-20)35-45(40,44-21-11-7-4-8-12-21)41-16-24-26(37)27(38)30(17-31,43-24)25-14-13-23-28(32)33-18-34-36(23)25/h3-14,18-19,22,24,26-27,37-38H,15-16H2,1-2H3,(H,35,40)(H2,32,33,34)/t22?,24-,26-,27-,30?,45?/m1/s1. The summed E-state index contributed by atoms with van der Waals surface area (Å²) in [6.07, 6.45) is -3.99. The first-order chi connectivity index (χ1) is 21.5. The average Bonchev–Trinajstić information content (AvgIpc) is 3.57. The molecular weight excluding hydrogens is 603 g/mol. The number of aliphatic hydroxyl groups is 2. The molecule has 2 aromatic carbocycles. The van der Waals surface area contributed by atoms with Crippen molar-refractivity contribution in [1.82, 2.24) is 19.7 Å². The summed E-state index contributed by atoms with van der Waals surface area (Å²) in [6.45, 7) is 2.76. The molecule has 236 valence electrons. The highest BCUT2D eigenvalue weighted by Crippen LogP contribution is 2.47. The predicted octanol–water partition coefficient (Wildman–Crippen LogP) is 2.51. The summed E-state index contributed by atoms with van der Waals surface area (Å²) in [6, 6.07) is 21.0. The van der Waals surface area contributed by atoms with E-state index in [2.05, 4.69) is 15.2 Å². The molecule has 3 heterocycles. The number of nitrogens with zero attached hydrogens (tertiary/aromatic N) is 4. The van der Waals surface area contributed by atoms with Crippen LogP contribution in [0.5, 0.6) is 5.75 Å². The first-order valence-corrected chi connectivity index (χ1v) is 15.6. The van der Waals surface area contributed by atoms with Gasteiger partial charge in [-0.3, -0.25) is 9.32 Å². The van der Waals surface area contributed by atoms with E-state index in [0.29, 0.717) is 5.52 Å². The van der Waals surface area contributed by atoms with E-state index in [4.69, 9.17) is 24.3 Å². The van der Waals surface area contributed by atoms with Crippen LogP contribution in [0.2, 0.25) is 0 Å². The maximum Gasteiger partial charge on any atom is 0.459 e. The highest BCUT2D eigenvalue weighted by molar-refractivity contribution is 7.52. The van der Waals surface area contributed by atoms with Crippen molar-refractivity contribution in [2.24, 2.45) is 0 Å². The van der Waals surface area contributed by atoms with Gasteiger partial charge in [-0.1, -0.05) is 48.5 Å². The lowest BCUT2D eigenvalue weighted by molar-refractivity contribution is -0.149. The van der Waals surface area contributed by atoms with Crippen LogP contribution in [-0.2, 0) is 35.4 Å². The van der Waals surface area contributed by atoms with Crippen molar-refractivity contribution in [3.63, 3.8) is 0 Å². The maximum atomic E-state index is 14.3. The summed E-state index contributed by atoms with van der Waals surface area (Å²) in [5.74, 6) is -0.393. The number of aromatic nitrogens is 3. The number of anilines is 1. The van der Waals surface area contributed by atoms with Crippen molar-refractivity contribution < 1.29 is 38.1 Å². The number of aliphatic hydroxyl groups excluding tert-OH is 2. The fourth-order valence-corrected chi connectivity index (χ4v) is 6.47. The van der Waals surface area contributed by atoms with Gasteiger partial charge in [-0.05, 0) is 50.1 Å². The van der Waals surface area contributed by atoms with Crippen molar-refractivity contribution >= 4 is 25.1 Å². The molecule has 5 rings (SSSR count). The maximum absolute atomic E-state index is 14.3. The molecule has 0 bridgehead atoms. The summed E-state index contributed by atoms with van der Waals surface area (Å²) in [7, 11) is -4.44.